The molecule has 1 atom stereocenters. The number of hydrogen-bond acceptors (Lipinski definition) is 5. The fourth-order valence-electron chi connectivity index (χ4n) is 2.12. The second-order valence-electron chi connectivity index (χ2n) is 5.15. The van der Waals surface area contributed by atoms with Crippen molar-refractivity contribution in [3.8, 4) is 5.75 Å². The molecule has 0 saturated heterocycles. The van der Waals surface area contributed by atoms with Crippen LogP contribution in [0.1, 0.15) is 35.4 Å². The van der Waals surface area contributed by atoms with Gasteiger partial charge in [0.2, 0.25) is 0 Å². The zero-order chi connectivity index (χ0) is 16.1. The molecule has 0 aliphatic rings. The van der Waals surface area contributed by atoms with Crippen molar-refractivity contribution in [1.29, 1.82) is 0 Å². The number of aromatic nitrogens is 3. The van der Waals surface area contributed by atoms with Crippen LogP contribution in [0, 0.1) is 13.8 Å². The molecule has 0 bridgehead atoms. The average Bonchev–Trinajstić information content (AvgIpc) is 2.82. The molecular formula is C16H21N3O3. The van der Waals surface area contributed by atoms with Gasteiger partial charge in [0.15, 0.2) is 5.78 Å². The molecule has 2 aromatic rings. The fraction of sp³-hybridized carbons (Fsp3) is 0.438. The molecule has 0 fully saturated rings. The number of hydrogen-bond donors (Lipinski definition) is 1. The number of ketones is 1. The van der Waals surface area contributed by atoms with Gasteiger partial charge in [-0.1, -0.05) is 6.92 Å². The number of nitrogens with zero attached hydrogens (tertiary/aromatic N) is 3. The molecule has 0 radical (unpaired) electrons. The first-order valence-electron chi connectivity index (χ1n) is 7.31. The van der Waals surface area contributed by atoms with Crippen molar-refractivity contribution in [2.75, 3.05) is 6.61 Å². The van der Waals surface area contributed by atoms with Gasteiger partial charge >= 0.3 is 0 Å². The van der Waals surface area contributed by atoms with Gasteiger partial charge in [-0.2, -0.15) is 5.10 Å². The average molecular weight is 303 g/mol. The molecule has 0 spiro atoms. The standard InChI is InChI=1S/C16H21N3O3/c1-4-16(21)13-5-7-15(8-6-13)22-10-14(20)9-19-12(3)17-11(2)18-19/h5-8,14,20H,4,9-10H2,1-3H3. The summed E-state index contributed by atoms with van der Waals surface area (Å²) in [6, 6.07) is 6.94. The number of carbonyl (C=O) groups is 1. The number of aryl methyl sites for hydroxylation is 2. The van der Waals surface area contributed by atoms with E-state index < -0.39 is 6.10 Å². The van der Waals surface area contributed by atoms with Crippen molar-refractivity contribution < 1.29 is 14.6 Å². The van der Waals surface area contributed by atoms with Gasteiger partial charge in [-0.3, -0.25) is 4.79 Å². The summed E-state index contributed by atoms with van der Waals surface area (Å²) in [5.41, 5.74) is 0.670. The van der Waals surface area contributed by atoms with E-state index >= 15 is 0 Å². The molecule has 0 aliphatic heterocycles. The minimum absolute atomic E-state index is 0.101. The van der Waals surface area contributed by atoms with Crippen molar-refractivity contribution in [1.82, 2.24) is 14.8 Å². The van der Waals surface area contributed by atoms with Crippen LogP contribution in [-0.2, 0) is 6.54 Å². The Morgan fingerprint density at radius 3 is 2.55 bits per heavy atom. The molecule has 1 heterocycles. The van der Waals surface area contributed by atoms with Crippen LogP contribution in [0.25, 0.3) is 0 Å². The summed E-state index contributed by atoms with van der Waals surface area (Å²) in [6.07, 6.45) is -0.202. The largest absolute Gasteiger partial charge is 0.491 e. The van der Waals surface area contributed by atoms with E-state index in [1.165, 1.54) is 0 Å². The smallest absolute Gasteiger partial charge is 0.162 e. The minimum atomic E-state index is -0.684. The molecule has 1 unspecified atom stereocenters. The normalized spacial score (nSPS) is 12.2. The number of aliphatic hydroxyl groups is 1. The molecule has 1 aromatic heterocycles. The number of rotatable bonds is 7. The van der Waals surface area contributed by atoms with Gasteiger partial charge in [0.05, 0.1) is 6.54 Å². The first-order valence-corrected chi connectivity index (χ1v) is 7.31. The molecule has 22 heavy (non-hydrogen) atoms. The van der Waals surface area contributed by atoms with E-state index in [0.29, 0.717) is 30.1 Å². The second-order valence-corrected chi connectivity index (χ2v) is 5.15. The Labute approximate surface area is 129 Å². The van der Waals surface area contributed by atoms with Crippen LogP contribution in [0.2, 0.25) is 0 Å². The van der Waals surface area contributed by atoms with Crippen LogP contribution >= 0.6 is 0 Å². The van der Waals surface area contributed by atoms with Gasteiger partial charge in [0.1, 0.15) is 30.1 Å². The molecule has 118 valence electrons. The van der Waals surface area contributed by atoms with Crippen LogP contribution in [-0.4, -0.2) is 38.4 Å². The van der Waals surface area contributed by atoms with Crippen molar-refractivity contribution in [2.45, 2.75) is 39.8 Å². The maximum absolute atomic E-state index is 11.5. The number of aliphatic hydroxyl groups excluding tert-OH is 1. The number of carbonyl (C=O) groups excluding carboxylic acids is 1. The van der Waals surface area contributed by atoms with Crippen LogP contribution < -0.4 is 4.74 Å². The zero-order valence-electron chi connectivity index (χ0n) is 13.1. The highest BCUT2D eigenvalue weighted by molar-refractivity contribution is 5.95. The predicted octanol–water partition coefficient (Wildman–Crippen LogP) is 1.93. The van der Waals surface area contributed by atoms with Crippen molar-refractivity contribution >= 4 is 5.78 Å². The molecule has 2 rings (SSSR count). The van der Waals surface area contributed by atoms with Gasteiger partial charge in [0, 0.05) is 12.0 Å². The number of benzene rings is 1. The van der Waals surface area contributed by atoms with Gasteiger partial charge in [-0.25, -0.2) is 9.67 Å². The summed E-state index contributed by atoms with van der Waals surface area (Å²) in [7, 11) is 0. The SMILES string of the molecule is CCC(=O)c1ccc(OCC(O)Cn2nc(C)nc2C)cc1. The number of Topliss-reactive ketones (excluding diaryl/α,β-unsaturated/α-hetero) is 1. The minimum Gasteiger partial charge on any atom is -0.491 e. The first kappa shape index (κ1) is 16.2. The highest BCUT2D eigenvalue weighted by Crippen LogP contribution is 2.14. The molecule has 6 nitrogen and oxygen atoms in total. The van der Waals surface area contributed by atoms with E-state index in [0.717, 1.165) is 5.82 Å². The highest BCUT2D eigenvalue weighted by atomic mass is 16.5. The monoisotopic (exact) mass is 303 g/mol. The molecule has 1 aromatic carbocycles. The summed E-state index contributed by atoms with van der Waals surface area (Å²) >= 11 is 0. The quantitative estimate of drug-likeness (QED) is 0.791. The molecule has 0 aliphatic carbocycles. The van der Waals surface area contributed by atoms with Crippen LogP contribution in [0.4, 0.5) is 0 Å². The third-order valence-corrected chi connectivity index (χ3v) is 3.29. The second kappa shape index (κ2) is 7.17. The van der Waals surface area contributed by atoms with Gasteiger partial charge in [-0.15, -0.1) is 0 Å². The molecule has 1 N–H and O–H groups in total. The van der Waals surface area contributed by atoms with Crippen molar-refractivity contribution in [2.24, 2.45) is 0 Å². The van der Waals surface area contributed by atoms with Gasteiger partial charge in [0.25, 0.3) is 0 Å². The van der Waals surface area contributed by atoms with Crippen molar-refractivity contribution in [3.63, 3.8) is 0 Å². The van der Waals surface area contributed by atoms with E-state index in [1.54, 1.807) is 28.9 Å². The number of ether oxygens (including phenoxy) is 1. The Hall–Kier alpha value is -2.21. The molecule has 0 amide bonds. The fourth-order valence-corrected chi connectivity index (χ4v) is 2.12. The van der Waals surface area contributed by atoms with E-state index in [2.05, 4.69) is 10.1 Å². The van der Waals surface area contributed by atoms with E-state index in [1.807, 2.05) is 20.8 Å². The summed E-state index contributed by atoms with van der Waals surface area (Å²) < 4.78 is 7.19. The Balaban J connectivity index is 1.87. The Morgan fingerprint density at radius 2 is 2.00 bits per heavy atom. The highest BCUT2D eigenvalue weighted by Gasteiger charge is 2.11. The van der Waals surface area contributed by atoms with Crippen LogP contribution in [0.5, 0.6) is 5.75 Å². The first-order chi connectivity index (χ1) is 10.5. The summed E-state index contributed by atoms with van der Waals surface area (Å²) in [5, 5.41) is 14.2. The van der Waals surface area contributed by atoms with Crippen LogP contribution in [0.3, 0.4) is 0 Å². The zero-order valence-corrected chi connectivity index (χ0v) is 13.1. The summed E-state index contributed by atoms with van der Waals surface area (Å²) in [4.78, 5) is 15.7. The van der Waals surface area contributed by atoms with E-state index in [9.17, 15) is 9.90 Å². The maximum atomic E-state index is 11.5. The lowest BCUT2D eigenvalue weighted by molar-refractivity contribution is 0.0885. The molecule has 6 heteroatoms. The van der Waals surface area contributed by atoms with Crippen LogP contribution in [0.15, 0.2) is 24.3 Å². The maximum Gasteiger partial charge on any atom is 0.162 e. The lowest BCUT2D eigenvalue weighted by Crippen LogP contribution is -2.24. The van der Waals surface area contributed by atoms with Gasteiger partial charge in [-0.05, 0) is 38.1 Å². The van der Waals surface area contributed by atoms with Gasteiger partial charge < -0.3 is 9.84 Å². The third-order valence-electron chi connectivity index (χ3n) is 3.29. The lowest BCUT2D eigenvalue weighted by Gasteiger charge is -2.13. The Morgan fingerprint density at radius 1 is 1.32 bits per heavy atom. The molecule has 0 saturated carbocycles. The summed E-state index contributed by atoms with van der Waals surface area (Å²) in [5.74, 6) is 2.17. The lowest BCUT2D eigenvalue weighted by atomic mass is 10.1. The Kier molecular flexibility index (Phi) is 5.27. The third kappa shape index (κ3) is 4.14. The topological polar surface area (TPSA) is 77.2 Å². The predicted molar refractivity (Wildman–Crippen MR) is 82.1 cm³/mol. The Bertz CT molecular complexity index is 635. The summed E-state index contributed by atoms with van der Waals surface area (Å²) in [6.45, 7) is 5.97. The van der Waals surface area contributed by atoms with E-state index in [4.69, 9.17) is 4.74 Å². The van der Waals surface area contributed by atoms with E-state index in [-0.39, 0.29) is 12.4 Å². The molecular weight excluding hydrogens is 282 g/mol. The van der Waals surface area contributed by atoms with Crippen molar-refractivity contribution in [3.05, 3.63) is 41.5 Å².